The molecule has 0 atom stereocenters. The molecule has 0 saturated carbocycles. The molecule has 3 rings (SSSR count). The number of nitrogens with one attached hydrogen (secondary N) is 2. The number of hydrogen-bond donors (Lipinski definition) is 2. The van der Waals surface area contributed by atoms with Crippen LogP contribution in [0.2, 0.25) is 0 Å². The molecule has 6 nitrogen and oxygen atoms in total. The van der Waals surface area contributed by atoms with Crippen molar-refractivity contribution < 1.29 is 9.59 Å². The van der Waals surface area contributed by atoms with Crippen LogP contribution in [0.1, 0.15) is 5.56 Å². The highest BCUT2D eigenvalue weighted by molar-refractivity contribution is 5.92. The van der Waals surface area contributed by atoms with Crippen LogP contribution in [0.5, 0.6) is 0 Å². The summed E-state index contributed by atoms with van der Waals surface area (Å²) >= 11 is 0. The van der Waals surface area contributed by atoms with E-state index in [2.05, 4.69) is 27.7 Å². The number of rotatable bonds is 5. The normalized spacial score (nSPS) is 14.7. The Morgan fingerprint density at radius 1 is 0.846 bits per heavy atom. The highest BCUT2D eigenvalue weighted by atomic mass is 16.2. The molecular formula is C20H24N4O2. The average molecular weight is 352 g/mol. The van der Waals surface area contributed by atoms with E-state index >= 15 is 0 Å². The number of urea groups is 1. The number of para-hydroxylation sites is 1. The molecule has 0 unspecified atom stereocenters. The molecule has 3 amide bonds. The quantitative estimate of drug-likeness (QED) is 0.867. The van der Waals surface area contributed by atoms with E-state index in [1.54, 1.807) is 12.1 Å². The van der Waals surface area contributed by atoms with Crippen molar-refractivity contribution in [1.82, 2.24) is 15.1 Å². The Bertz CT molecular complexity index is 713. The molecule has 1 fully saturated rings. The van der Waals surface area contributed by atoms with E-state index in [4.69, 9.17) is 0 Å². The molecule has 0 bridgehead atoms. The lowest BCUT2D eigenvalue weighted by atomic mass is 10.2. The van der Waals surface area contributed by atoms with Crippen molar-refractivity contribution in [1.29, 1.82) is 0 Å². The van der Waals surface area contributed by atoms with Crippen molar-refractivity contribution in [3.8, 4) is 0 Å². The third kappa shape index (κ3) is 5.32. The standard InChI is InChI=1S/C20H24N4O2/c25-19(15-21-20(26)22-18-9-5-2-6-10-18)24-13-11-23(12-14-24)16-17-7-3-1-4-8-17/h1-10H,11-16H2,(H2,21,22,26). The number of carbonyl (C=O) groups excluding carboxylic acids is 2. The number of piperazine rings is 1. The second-order valence-electron chi connectivity index (χ2n) is 6.32. The molecule has 2 aromatic rings. The largest absolute Gasteiger partial charge is 0.339 e. The molecule has 1 saturated heterocycles. The van der Waals surface area contributed by atoms with Gasteiger partial charge in [-0.2, -0.15) is 0 Å². The molecule has 2 N–H and O–H groups in total. The lowest BCUT2D eigenvalue weighted by Gasteiger charge is -2.34. The topological polar surface area (TPSA) is 64.7 Å². The fourth-order valence-electron chi connectivity index (χ4n) is 2.96. The molecule has 1 aliphatic heterocycles. The first-order valence-corrected chi connectivity index (χ1v) is 8.85. The van der Waals surface area contributed by atoms with Gasteiger partial charge in [0.2, 0.25) is 5.91 Å². The summed E-state index contributed by atoms with van der Waals surface area (Å²) in [6, 6.07) is 19.1. The average Bonchev–Trinajstić information content (AvgIpc) is 2.68. The number of nitrogens with zero attached hydrogens (tertiary/aromatic N) is 2. The van der Waals surface area contributed by atoms with Crippen LogP contribution in [-0.2, 0) is 11.3 Å². The van der Waals surface area contributed by atoms with Crippen molar-refractivity contribution >= 4 is 17.6 Å². The third-order valence-electron chi connectivity index (χ3n) is 4.41. The van der Waals surface area contributed by atoms with E-state index in [1.165, 1.54) is 5.56 Å². The van der Waals surface area contributed by atoms with E-state index < -0.39 is 0 Å². The Morgan fingerprint density at radius 3 is 2.12 bits per heavy atom. The van der Waals surface area contributed by atoms with Crippen LogP contribution in [-0.4, -0.2) is 54.5 Å². The minimum atomic E-state index is -0.368. The zero-order valence-electron chi connectivity index (χ0n) is 14.7. The predicted molar refractivity (Wildman–Crippen MR) is 102 cm³/mol. The summed E-state index contributed by atoms with van der Waals surface area (Å²) in [4.78, 5) is 28.3. The number of benzene rings is 2. The van der Waals surface area contributed by atoms with E-state index in [0.717, 1.165) is 19.6 Å². The van der Waals surface area contributed by atoms with Gasteiger partial charge in [-0.05, 0) is 17.7 Å². The van der Waals surface area contributed by atoms with Crippen LogP contribution in [0, 0.1) is 0 Å². The minimum Gasteiger partial charge on any atom is -0.339 e. The van der Waals surface area contributed by atoms with Gasteiger partial charge in [0, 0.05) is 38.4 Å². The lowest BCUT2D eigenvalue weighted by molar-refractivity contribution is -0.131. The van der Waals surface area contributed by atoms with Crippen molar-refractivity contribution in [3.63, 3.8) is 0 Å². The van der Waals surface area contributed by atoms with Crippen LogP contribution in [0.4, 0.5) is 10.5 Å². The summed E-state index contributed by atoms with van der Waals surface area (Å²) < 4.78 is 0. The van der Waals surface area contributed by atoms with Crippen LogP contribution >= 0.6 is 0 Å². The van der Waals surface area contributed by atoms with Gasteiger partial charge < -0.3 is 15.5 Å². The molecule has 0 radical (unpaired) electrons. The van der Waals surface area contributed by atoms with Gasteiger partial charge in [-0.25, -0.2) is 4.79 Å². The maximum absolute atomic E-state index is 12.3. The monoisotopic (exact) mass is 352 g/mol. The first-order valence-electron chi connectivity index (χ1n) is 8.85. The summed E-state index contributed by atoms with van der Waals surface area (Å²) in [7, 11) is 0. The highest BCUT2D eigenvalue weighted by Crippen LogP contribution is 2.08. The van der Waals surface area contributed by atoms with Crippen molar-refractivity contribution in [3.05, 3.63) is 66.2 Å². The Labute approximate surface area is 153 Å². The van der Waals surface area contributed by atoms with Gasteiger partial charge in [-0.3, -0.25) is 9.69 Å². The molecule has 6 heteroatoms. The fourth-order valence-corrected chi connectivity index (χ4v) is 2.96. The summed E-state index contributed by atoms with van der Waals surface area (Å²) in [6.07, 6.45) is 0. The molecule has 136 valence electrons. The number of carbonyl (C=O) groups is 2. The summed E-state index contributed by atoms with van der Waals surface area (Å²) in [5.74, 6) is -0.0485. The van der Waals surface area contributed by atoms with Gasteiger partial charge >= 0.3 is 6.03 Å². The smallest absolute Gasteiger partial charge is 0.319 e. The number of anilines is 1. The van der Waals surface area contributed by atoms with Crippen LogP contribution < -0.4 is 10.6 Å². The first kappa shape index (κ1) is 17.9. The van der Waals surface area contributed by atoms with Gasteiger partial charge in [0.15, 0.2) is 0 Å². The predicted octanol–water partition coefficient (Wildman–Crippen LogP) is 2.15. The van der Waals surface area contributed by atoms with Crippen molar-refractivity contribution in [2.75, 3.05) is 38.0 Å². The second kappa shape index (κ2) is 9.01. The van der Waals surface area contributed by atoms with E-state index in [0.29, 0.717) is 18.8 Å². The summed E-state index contributed by atoms with van der Waals surface area (Å²) in [5, 5.41) is 5.33. The third-order valence-corrected chi connectivity index (χ3v) is 4.41. The Hall–Kier alpha value is -2.86. The Morgan fingerprint density at radius 2 is 1.46 bits per heavy atom. The fraction of sp³-hybridized carbons (Fsp3) is 0.300. The molecule has 1 aliphatic rings. The molecule has 0 aromatic heterocycles. The van der Waals surface area contributed by atoms with E-state index in [9.17, 15) is 9.59 Å². The van der Waals surface area contributed by atoms with Crippen LogP contribution in [0.3, 0.4) is 0 Å². The second-order valence-corrected chi connectivity index (χ2v) is 6.32. The summed E-state index contributed by atoms with van der Waals surface area (Å²) in [5.41, 5.74) is 1.98. The lowest BCUT2D eigenvalue weighted by Crippen LogP contribution is -2.51. The van der Waals surface area contributed by atoms with Gasteiger partial charge in [-0.15, -0.1) is 0 Å². The maximum Gasteiger partial charge on any atom is 0.319 e. The molecule has 0 aliphatic carbocycles. The van der Waals surface area contributed by atoms with Gasteiger partial charge in [0.25, 0.3) is 0 Å². The Balaban J connectivity index is 1.37. The van der Waals surface area contributed by atoms with Crippen LogP contribution in [0.15, 0.2) is 60.7 Å². The summed E-state index contributed by atoms with van der Waals surface area (Å²) in [6.45, 7) is 3.98. The maximum atomic E-state index is 12.3. The molecular weight excluding hydrogens is 328 g/mol. The van der Waals surface area contributed by atoms with E-state index in [-0.39, 0.29) is 18.5 Å². The Kier molecular flexibility index (Phi) is 6.22. The molecule has 0 spiro atoms. The zero-order valence-corrected chi connectivity index (χ0v) is 14.7. The molecule has 1 heterocycles. The van der Waals surface area contributed by atoms with Gasteiger partial charge in [-0.1, -0.05) is 48.5 Å². The molecule has 26 heavy (non-hydrogen) atoms. The molecule has 2 aromatic carbocycles. The van der Waals surface area contributed by atoms with Gasteiger partial charge in [0.1, 0.15) is 0 Å². The number of hydrogen-bond acceptors (Lipinski definition) is 3. The van der Waals surface area contributed by atoms with E-state index in [1.807, 2.05) is 41.3 Å². The first-order chi connectivity index (χ1) is 12.7. The SMILES string of the molecule is O=C(NCC(=O)N1CCN(Cc2ccccc2)CC1)Nc1ccccc1. The van der Waals surface area contributed by atoms with Crippen molar-refractivity contribution in [2.24, 2.45) is 0 Å². The minimum absolute atomic E-state index is 0.0113. The number of amides is 3. The van der Waals surface area contributed by atoms with Crippen molar-refractivity contribution in [2.45, 2.75) is 6.54 Å². The van der Waals surface area contributed by atoms with Gasteiger partial charge in [0.05, 0.1) is 6.54 Å². The zero-order chi connectivity index (χ0) is 18.2. The van der Waals surface area contributed by atoms with Crippen LogP contribution in [0.25, 0.3) is 0 Å². The highest BCUT2D eigenvalue weighted by Gasteiger charge is 2.21.